The largest absolute Gasteiger partial charge is 0.295 e. The van der Waals surface area contributed by atoms with Gasteiger partial charge in [0.05, 0.1) is 11.9 Å². The maximum Gasteiger partial charge on any atom is 0.265 e. The highest BCUT2D eigenvalue weighted by molar-refractivity contribution is 7.86. The molecule has 1 rings (SSSR count). The number of carbonyl (C=O) groups excluding carboxylic acids is 1. The highest BCUT2D eigenvalue weighted by Gasteiger charge is 2.14. The number of nitrogens with zero attached hydrogens (tertiary/aromatic N) is 1. The molecule has 0 spiro atoms. The maximum atomic E-state index is 11.1. The molecule has 0 aliphatic rings. The summed E-state index contributed by atoms with van der Waals surface area (Å²) in [5.41, 5.74) is 0.895. The summed E-state index contributed by atoms with van der Waals surface area (Å²) in [7, 11) is -3.53. The van der Waals surface area contributed by atoms with Crippen LogP contribution in [0.25, 0.3) is 0 Å². The number of pyridine rings is 1. The number of hydrogen-bond acceptors (Lipinski definition) is 5. The Kier molecular flexibility index (Phi) is 3.77. The van der Waals surface area contributed by atoms with E-state index in [4.69, 9.17) is 4.18 Å². The predicted molar refractivity (Wildman–Crippen MR) is 58.6 cm³/mol. The normalized spacial score (nSPS) is 13.4. The highest BCUT2D eigenvalue weighted by atomic mass is 32.2. The van der Waals surface area contributed by atoms with Crippen LogP contribution < -0.4 is 0 Å². The van der Waals surface area contributed by atoms with Gasteiger partial charge in [0.15, 0.2) is 5.78 Å². The summed E-state index contributed by atoms with van der Waals surface area (Å²) in [5.74, 6) is -0.102. The monoisotopic (exact) mass is 243 g/mol. The molecule has 1 aromatic heterocycles. The SMILES string of the molecule is CC(=O)c1ccnc(C(C)OS(C)(=O)=O)c1. The van der Waals surface area contributed by atoms with Crippen molar-refractivity contribution in [3.8, 4) is 0 Å². The van der Waals surface area contributed by atoms with Gasteiger partial charge in [-0.2, -0.15) is 8.42 Å². The van der Waals surface area contributed by atoms with Crippen LogP contribution in [0.5, 0.6) is 0 Å². The molecule has 0 aromatic carbocycles. The van der Waals surface area contributed by atoms with Crippen LogP contribution in [-0.4, -0.2) is 25.4 Å². The van der Waals surface area contributed by atoms with Crippen molar-refractivity contribution in [2.24, 2.45) is 0 Å². The van der Waals surface area contributed by atoms with Crippen molar-refractivity contribution < 1.29 is 17.4 Å². The standard InChI is InChI=1S/C10H13NO4S/c1-7(12)9-4-5-11-10(6-9)8(2)15-16(3,13)14/h4-6,8H,1-3H3. The third-order valence-corrected chi connectivity index (χ3v) is 2.56. The quantitative estimate of drug-likeness (QED) is 0.589. The highest BCUT2D eigenvalue weighted by Crippen LogP contribution is 2.17. The Morgan fingerprint density at radius 2 is 2.12 bits per heavy atom. The maximum absolute atomic E-state index is 11.1. The van der Waals surface area contributed by atoms with Crippen molar-refractivity contribution in [1.29, 1.82) is 0 Å². The number of carbonyl (C=O) groups is 1. The van der Waals surface area contributed by atoms with Crippen molar-refractivity contribution in [1.82, 2.24) is 4.98 Å². The summed E-state index contributed by atoms with van der Waals surface area (Å²) >= 11 is 0. The Balaban J connectivity index is 2.96. The summed E-state index contributed by atoms with van der Waals surface area (Å²) in [4.78, 5) is 15.1. The summed E-state index contributed by atoms with van der Waals surface area (Å²) in [6, 6.07) is 3.09. The fraction of sp³-hybridized carbons (Fsp3) is 0.400. The lowest BCUT2D eigenvalue weighted by atomic mass is 10.1. The number of ketones is 1. The number of rotatable bonds is 4. The van der Waals surface area contributed by atoms with E-state index in [0.29, 0.717) is 11.3 Å². The zero-order valence-electron chi connectivity index (χ0n) is 9.30. The average Bonchev–Trinajstić information content (AvgIpc) is 2.15. The van der Waals surface area contributed by atoms with Crippen LogP contribution in [0.2, 0.25) is 0 Å². The molecule has 1 atom stereocenters. The fourth-order valence-corrected chi connectivity index (χ4v) is 1.82. The Bertz CT molecular complexity index is 495. The molecule has 1 heterocycles. The second kappa shape index (κ2) is 4.71. The molecule has 5 nitrogen and oxygen atoms in total. The summed E-state index contributed by atoms with van der Waals surface area (Å²) in [6.07, 6.45) is 1.72. The van der Waals surface area contributed by atoms with Gasteiger partial charge in [-0.1, -0.05) is 0 Å². The van der Waals surface area contributed by atoms with E-state index in [9.17, 15) is 13.2 Å². The molecule has 6 heteroatoms. The van der Waals surface area contributed by atoms with Crippen molar-refractivity contribution in [3.63, 3.8) is 0 Å². The van der Waals surface area contributed by atoms with Crippen LogP contribution in [0.3, 0.4) is 0 Å². The molecule has 88 valence electrons. The van der Waals surface area contributed by atoms with Gasteiger partial charge in [0.25, 0.3) is 10.1 Å². The Morgan fingerprint density at radius 3 is 2.62 bits per heavy atom. The first-order valence-corrected chi connectivity index (χ1v) is 6.46. The van der Waals surface area contributed by atoms with E-state index in [1.165, 1.54) is 19.2 Å². The molecule has 0 radical (unpaired) electrons. The van der Waals surface area contributed by atoms with E-state index in [1.807, 2.05) is 0 Å². The Hall–Kier alpha value is -1.27. The lowest BCUT2D eigenvalue weighted by Gasteiger charge is -2.10. The summed E-state index contributed by atoms with van der Waals surface area (Å²) in [6.45, 7) is 2.99. The predicted octanol–water partition coefficient (Wildman–Crippen LogP) is 1.32. The van der Waals surface area contributed by atoms with Gasteiger partial charge in [0, 0.05) is 11.8 Å². The lowest BCUT2D eigenvalue weighted by molar-refractivity contribution is 0.101. The molecule has 1 unspecified atom stereocenters. The molecule has 16 heavy (non-hydrogen) atoms. The first-order valence-electron chi connectivity index (χ1n) is 4.65. The van der Waals surface area contributed by atoms with E-state index >= 15 is 0 Å². The molecule has 0 saturated carbocycles. The second-order valence-corrected chi connectivity index (χ2v) is 5.07. The van der Waals surface area contributed by atoms with Crippen molar-refractivity contribution in [2.75, 3.05) is 6.26 Å². The van der Waals surface area contributed by atoms with Gasteiger partial charge >= 0.3 is 0 Å². The van der Waals surface area contributed by atoms with Crippen LogP contribution in [0.15, 0.2) is 18.3 Å². The molecule has 0 aliphatic heterocycles. The van der Waals surface area contributed by atoms with Crippen molar-refractivity contribution in [3.05, 3.63) is 29.6 Å². The van der Waals surface area contributed by atoms with Gasteiger partial charge in [0.2, 0.25) is 0 Å². The van der Waals surface area contributed by atoms with Crippen LogP contribution in [0.4, 0.5) is 0 Å². The van der Waals surface area contributed by atoms with Crippen LogP contribution in [0, 0.1) is 0 Å². The first-order chi connectivity index (χ1) is 7.29. The van der Waals surface area contributed by atoms with E-state index in [-0.39, 0.29) is 5.78 Å². The summed E-state index contributed by atoms with van der Waals surface area (Å²) < 4.78 is 26.6. The molecule has 0 amide bonds. The fourth-order valence-electron chi connectivity index (χ4n) is 1.20. The lowest BCUT2D eigenvalue weighted by Crippen LogP contribution is -2.09. The topological polar surface area (TPSA) is 73.3 Å². The molecular weight excluding hydrogens is 230 g/mol. The number of aromatic nitrogens is 1. The Morgan fingerprint density at radius 1 is 1.50 bits per heavy atom. The van der Waals surface area contributed by atoms with E-state index in [0.717, 1.165) is 6.26 Å². The van der Waals surface area contributed by atoms with Crippen LogP contribution in [-0.2, 0) is 14.3 Å². The smallest absolute Gasteiger partial charge is 0.265 e. The van der Waals surface area contributed by atoms with Crippen molar-refractivity contribution in [2.45, 2.75) is 20.0 Å². The average molecular weight is 243 g/mol. The molecule has 0 bridgehead atoms. The number of hydrogen-bond donors (Lipinski definition) is 0. The van der Waals surface area contributed by atoms with Gasteiger partial charge in [-0.05, 0) is 26.0 Å². The minimum atomic E-state index is -3.53. The molecule has 0 N–H and O–H groups in total. The van der Waals surface area contributed by atoms with Gasteiger partial charge in [0.1, 0.15) is 6.10 Å². The molecular formula is C10H13NO4S. The van der Waals surface area contributed by atoms with Crippen molar-refractivity contribution >= 4 is 15.9 Å². The van der Waals surface area contributed by atoms with Gasteiger partial charge in [-0.25, -0.2) is 0 Å². The van der Waals surface area contributed by atoms with Gasteiger partial charge in [-0.3, -0.25) is 14.0 Å². The molecule has 0 aliphatic carbocycles. The molecule has 0 fully saturated rings. The molecule has 1 aromatic rings. The van der Waals surface area contributed by atoms with Gasteiger partial charge < -0.3 is 0 Å². The Labute approximate surface area is 94.6 Å². The summed E-state index contributed by atoms with van der Waals surface area (Å²) in [5, 5.41) is 0. The van der Waals surface area contributed by atoms with E-state index in [1.54, 1.807) is 13.0 Å². The van der Waals surface area contributed by atoms with E-state index in [2.05, 4.69) is 4.98 Å². The van der Waals surface area contributed by atoms with Crippen LogP contribution in [0.1, 0.15) is 36.0 Å². The number of Topliss-reactive ketones (excluding diaryl/α,β-unsaturated/α-hetero) is 1. The zero-order chi connectivity index (χ0) is 12.3. The molecule has 0 saturated heterocycles. The van der Waals surface area contributed by atoms with E-state index < -0.39 is 16.2 Å². The first kappa shape index (κ1) is 12.8. The minimum Gasteiger partial charge on any atom is -0.295 e. The third kappa shape index (κ3) is 3.71. The van der Waals surface area contributed by atoms with Crippen LogP contribution >= 0.6 is 0 Å². The third-order valence-electron chi connectivity index (χ3n) is 1.92. The second-order valence-electron chi connectivity index (χ2n) is 3.47. The minimum absolute atomic E-state index is 0.102. The van der Waals surface area contributed by atoms with Gasteiger partial charge in [-0.15, -0.1) is 0 Å². The zero-order valence-corrected chi connectivity index (χ0v) is 10.1.